The van der Waals surface area contributed by atoms with E-state index in [9.17, 15) is 9.90 Å². The maximum absolute atomic E-state index is 11.8. The molecule has 0 heterocycles. The highest BCUT2D eigenvalue weighted by molar-refractivity contribution is 6.01. The summed E-state index contributed by atoms with van der Waals surface area (Å²) in [6, 6.07) is 8.91. The molecule has 2 nitrogen and oxygen atoms in total. The van der Waals surface area contributed by atoms with E-state index in [0.717, 1.165) is 6.42 Å². The van der Waals surface area contributed by atoms with Crippen LogP contribution in [0.3, 0.4) is 0 Å². The van der Waals surface area contributed by atoms with Crippen LogP contribution in [0.2, 0.25) is 0 Å². The number of ketones is 1. The molecule has 0 radical (unpaired) electrons. The van der Waals surface area contributed by atoms with Gasteiger partial charge in [-0.2, -0.15) is 0 Å². The van der Waals surface area contributed by atoms with E-state index < -0.39 is 5.60 Å². The van der Waals surface area contributed by atoms with Crippen LogP contribution in [0, 0.1) is 0 Å². The van der Waals surface area contributed by atoms with Gasteiger partial charge >= 0.3 is 0 Å². The lowest BCUT2D eigenvalue weighted by Gasteiger charge is -2.20. The highest BCUT2D eigenvalue weighted by Crippen LogP contribution is 2.18. The van der Waals surface area contributed by atoms with E-state index in [1.54, 1.807) is 31.2 Å². The lowest BCUT2D eigenvalue weighted by atomic mass is 9.91. The molecule has 0 fully saturated rings. The Kier molecular flexibility index (Phi) is 3.42. The van der Waals surface area contributed by atoms with Crippen LogP contribution in [0.1, 0.15) is 37.0 Å². The molecule has 0 amide bonds. The molecule has 1 rings (SSSR count). The average Bonchev–Trinajstić information content (AvgIpc) is 2.18. The molecule has 1 unspecified atom stereocenters. The molecule has 0 aliphatic rings. The normalized spacial score (nSPS) is 14.8. The highest BCUT2D eigenvalue weighted by atomic mass is 16.3. The molecular formula is C12H16O2. The lowest BCUT2D eigenvalue weighted by molar-refractivity contribution is 0.0364. The second kappa shape index (κ2) is 4.38. The summed E-state index contributed by atoms with van der Waals surface area (Å²) in [5, 5.41) is 9.89. The third-order valence-corrected chi connectivity index (χ3v) is 2.26. The predicted octanol–water partition coefficient (Wildman–Crippen LogP) is 2.42. The lowest BCUT2D eigenvalue weighted by Crippen LogP contribution is -2.34. The number of hydrogen-bond donors (Lipinski definition) is 1. The zero-order valence-electron chi connectivity index (χ0n) is 8.66. The monoisotopic (exact) mass is 192 g/mol. The number of benzene rings is 1. The van der Waals surface area contributed by atoms with Crippen molar-refractivity contribution in [3.63, 3.8) is 0 Å². The first-order chi connectivity index (χ1) is 6.58. The molecule has 0 aliphatic carbocycles. The molecule has 14 heavy (non-hydrogen) atoms. The van der Waals surface area contributed by atoms with Gasteiger partial charge in [0.2, 0.25) is 0 Å². The molecule has 1 atom stereocenters. The molecule has 0 saturated heterocycles. The van der Waals surface area contributed by atoms with Crippen LogP contribution in [0.25, 0.3) is 0 Å². The second-order valence-corrected chi connectivity index (χ2v) is 3.72. The van der Waals surface area contributed by atoms with Crippen LogP contribution in [0.4, 0.5) is 0 Å². The van der Waals surface area contributed by atoms with Gasteiger partial charge in [-0.25, -0.2) is 0 Å². The zero-order chi connectivity index (χ0) is 10.6. The topological polar surface area (TPSA) is 37.3 Å². The van der Waals surface area contributed by atoms with E-state index in [1.807, 2.05) is 13.0 Å². The number of carbonyl (C=O) groups is 1. The fourth-order valence-corrected chi connectivity index (χ4v) is 1.50. The minimum Gasteiger partial charge on any atom is -0.382 e. The van der Waals surface area contributed by atoms with Crippen LogP contribution < -0.4 is 0 Å². The first kappa shape index (κ1) is 10.9. The van der Waals surface area contributed by atoms with Gasteiger partial charge in [0.15, 0.2) is 5.78 Å². The highest BCUT2D eigenvalue weighted by Gasteiger charge is 2.29. The quantitative estimate of drug-likeness (QED) is 0.744. The predicted molar refractivity (Wildman–Crippen MR) is 56.3 cm³/mol. The van der Waals surface area contributed by atoms with Crippen LogP contribution in [-0.2, 0) is 0 Å². The second-order valence-electron chi connectivity index (χ2n) is 3.72. The van der Waals surface area contributed by atoms with Crippen molar-refractivity contribution in [2.24, 2.45) is 0 Å². The maximum atomic E-state index is 11.8. The summed E-state index contributed by atoms with van der Waals surface area (Å²) in [7, 11) is 0. The molecule has 1 N–H and O–H groups in total. The van der Waals surface area contributed by atoms with Crippen LogP contribution in [-0.4, -0.2) is 16.5 Å². The Morgan fingerprint density at radius 1 is 1.36 bits per heavy atom. The van der Waals surface area contributed by atoms with Crippen molar-refractivity contribution in [1.29, 1.82) is 0 Å². The van der Waals surface area contributed by atoms with Gasteiger partial charge in [0.05, 0.1) is 0 Å². The third-order valence-electron chi connectivity index (χ3n) is 2.26. The Morgan fingerprint density at radius 3 is 2.43 bits per heavy atom. The van der Waals surface area contributed by atoms with Gasteiger partial charge in [0.25, 0.3) is 0 Å². The third kappa shape index (κ3) is 2.42. The maximum Gasteiger partial charge on any atom is 0.194 e. The summed E-state index contributed by atoms with van der Waals surface area (Å²) in [5.74, 6) is -0.194. The number of Topliss-reactive ketones (excluding diaryl/α,β-unsaturated/α-hetero) is 1. The Balaban J connectivity index is 2.85. The van der Waals surface area contributed by atoms with Crippen molar-refractivity contribution < 1.29 is 9.90 Å². The average molecular weight is 192 g/mol. The molecule has 0 bridgehead atoms. The SMILES string of the molecule is CCCC(C)(O)C(=O)c1ccccc1. The minimum absolute atomic E-state index is 0.194. The van der Waals surface area contributed by atoms with Crippen LogP contribution in [0.5, 0.6) is 0 Å². The Morgan fingerprint density at radius 2 is 1.93 bits per heavy atom. The van der Waals surface area contributed by atoms with E-state index in [4.69, 9.17) is 0 Å². The van der Waals surface area contributed by atoms with Gasteiger partial charge < -0.3 is 5.11 Å². The van der Waals surface area contributed by atoms with Gasteiger partial charge in [0, 0.05) is 5.56 Å². The standard InChI is InChI=1S/C12H16O2/c1-3-9-12(2,14)11(13)10-7-5-4-6-8-10/h4-8,14H,3,9H2,1-2H3. The molecule has 0 saturated carbocycles. The van der Waals surface area contributed by atoms with E-state index in [-0.39, 0.29) is 5.78 Å². The smallest absolute Gasteiger partial charge is 0.194 e. The zero-order valence-corrected chi connectivity index (χ0v) is 8.66. The van der Waals surface area contributed by atoms with Crippen LogP contribution >= 0.6 is 0 Å². The minimum atomic E-state index is -1.23. The summed E-state index contributed by atoms with van der Waals surface area (Å²) >= 11 is 0. The largest absolute Gasteiger partial charge is 0.382 e. The van der Waals surface area contributed by atoms with Gasteiger partial charge in [-0.3, -0.25) is 4.79 Å². The fraction of sp³-hybridized carbons (Fsp3) is 0.417. The summed E-state index contributed by atoms with van der Waals surface area (Å²) in [6.07, 6.45) is 1.30. The summed E-state index contributed by atoms with van der Waals surface area (Å²) in [4.78, 5) is 11.8. The van der Waals surface area contributed by atoms with Crippen molar-refractivity contribution in [2.75, 3.05) is 0 Å². The molecule has 76 valence electrons. The van der Waals surface area contributed by atoms with Crippen molar-refractivity contribution in [2.45, 2.75) is 32.3 Å². The Labute approximate surface area is 84.6 Å². The first-order valence-electron chi connectivity index (χ1n) is 4.90. The Bertz CT molecular complexity index is 301. The van der Waals surface area contributed by atoms with Crippen LogP contribution in [0.15, 0.2) is 30.3 Å². The van der Waals surface area contributed by atoms with Crippen molar-refractivity contribution in [1.82, 2.24) is 0 Å². The fourth-order valence-electron chi connectivity index (χ4n) is 1.50. The van der Waals surface area contributed by atoms with Gasteiger partial charge in [0.1, 0.15) is 5.60 Å². The number of rotatable bonds is 4. The molecule has 0 aromatic heterocycles. The molecule has 0 spiro atoms. The van der Waals surface area contributed by atoms with Gasteiger partial charge in [-0.1, -0.05) is 43.7 Å². The van der Waals surface area contributed by atoms with E-state index >= 15 is 0 Å². The van der Waals surface area contributed by atoms with Gasteiger partial charge in [-0.15, -0.1) is 0 Å². The summed E-state index contributed by atoms with van der Waals surface area (Å²) < 4.78 is 0. The molecule has 1 aromatic carbocycles. The Hall–Kier alpha value is -1.15. The molecular weight excluding hydrogens is 176 g/mol. The van der Waals surface area contributed by atoms with Crippen molar-refractivity contribution >= 4 is 5.78 Å². The number of carbonyl (C=O) groups excluding carboxylic acids is 1. The van der Waals surface area contributed by atoms with E-state index in [0.29, 0.717) is 12.0 Å². The number of hydrogen-bond acceptors (Lipinski definition) is 2. The van der Waals surface area contributed by atoms with E-state index in [2.05, 4.69) is 0 Å². The van der Waals surface area contributed by atoms with Crippen molar-refractivity contribution in [3.05, 3.63) is 35.9 Å². The number of aliphatic hydroxyl groups is 1. The first-order valence-corrected chi connectivity index (χ1v) is 4.90. The van der Waals surface area contributed by atoms with Gasteiger partial charge in [-0.05, 0) is 13.3 Å². The molecule has 2 heteroatoms. The molecule has 1 aromatic rings. The molecule has 0 aliphatic heterocycles. The van der Waals surface area contributed by atoms with Crippen molar-refractivity contribution in [3.8, 4) is 0 Å². The van der Waals surface area contributed by atoms with E-state index in [1.165, 1.54) is 0 Å². The summed E-state index contributed by atoms with van der Waals surface area (Å²) in [6.45, 7) is 3.53. The summed E-state index contributed by atoms with van der Waals surface area (Å²) in [5.41, 5.74) is -0.651.